The predicted octanol–water partition coefficient (Wildman–Crippen LogP) is 1.05. The van der Waals surface area contributed by atoms with Gasteiger partial charge < -0.3 is 10.2 Å². The van der Waals surface area contributed by atoms with Crippen molar-refractivity contribution < 1.29 is 31.8 Å². The highest BCUT2D eigenvalue weighted by molar-refractivity contribution is 7.93. The molecular formula is C18H19NO7S2. The molecule has 0 spiro atoms. The first kappa shape index (κ1) is 20.3. The summed E-state index contributed by atoms with van der Waals surface area (Å²) in [7, 11) is -7.98. The minimum Gasteiger partial charge on any atom is -0.478 e. The van der Waals surface area contributed by atoms with Gasteiger partial charge in [-0.3, -0.25) is 4.31 Å². The van der Waals surface area contributed by atoms with E-state index in [-0.39, 0.29) is 16.1 Å². The summed E-state index contributed by atoms with van der Waals surface area (Å²) in [6.45, 7) is 1.52. The summed E-state index contributed by atoms with van der Waals surface area (Å²) in [5.74, 6) is -2.35. The van der Waals surface area contributed by atoms with Crippen LogP contribution in [0.15, 0.2) is 53.4 Å². The highest BCUT2D eigenvalue weighted by Gasteiger charge is 2.45. The first-order valence-corrected chi connectivity index (χ1v) is 11.6. The Balaban J connectivity index is 2.21. The molecule has 0 radical (unpaired) electrons. The Morgan fingerprint density at radius 1 is 1.11 bits per heavy atom. The largest absolute Gasteiger partial charge is 0.478 e. The van der Waals surface area contributed by atoms with E-state index in [1.54, 1.807) is 18.2 Å². The Labute approximate surface area is 163 Å². The predicted molar refractivity (Wildman–Crippen MR) is 103 cm³/mol. The molecular weight excluding hydrogens is 406 g/mol. The number of sulfonamides is 1. The van der Waals surface area contributed by atoms with Crippen molar-refractivity contribution in [3.05, 3.63) is 59.7 Å². The van der Waals surface area contributed by atoms with E-state index in [1.165, 1.54) is 31.2 Å². The van der Waals surface area contributed by atoms with E-state index >= 15 is 0 Å². The number of anilines is 1. The quantitative estimate of drug-likeness (QED) is 0.732. The molecule has 150 valence electrons. The third-order valence-electron chi connectivity index (χ3n) is 4.58. The fraction of sp³-hybridized carbons (Fsp3) is 0.278. The summed E-state index contributed by atoms with van der Waals surface area (Å²) in [5.41, 5.74) is 0.279. The summed E-state index contributed by atoms with van der Waals surface area (Å²) >= 11 is 0. The number of nitrogens with zero attached hydrogens (tertiary/aromatic N) is 1. The van der Waals surface area contributed by atoms with E-state index in [1.807, 2.05) is 0 Å². The molecule has 1 saturated heterocycles. The number of hydrogen-bond acceptors (Lipinski definition) is 6. The molecule has 1 fully saturated rings. The molecule has 0 aromatic heterocycles. The number of para-hydroxylation sites is 1. The molecule has 28 heavy (non-hydrogen) atoms. The van der Waals surface area contributed by atoms with Crippen molar-refractivity contribution in [3.8, 4) is 0 Å². The third-order valence-corrected chi connectivity index (χ3v) is 8.27. The van der Waals surface area contributed by atoms with Crippen molar-refractivity contribution in [1.82, 2.24) is 0 Å². The van der Waals surface area contributed by atoms with Crippen LogP contribution in [-0.2, 0) is 19.9 Å². The number of aryl methyl sites for hydroxylation is 1. The smallest absolute Gasteiger partial charge is 0.335 e. The number of sulfone groups is 1. The van der Waals surface area contributed by atoms with Gasteiger partial charge in [-0.15, -0.1) is 0 Å². The van der Waals surface area contributed by atoms with E-state index < -0.39 is 49.5 Å². The molecule has 10 heteroatoms. The van der Waals surface area contributed by atoms with Gasteiger partial charge in [0, 0.05) is 0 Å². The Bertz CT molecular complexity index is 1110. The highest BCUT2D eigenvalue weighted by atomic mass is 32.2. The lowest BCUT2D eigenvalue weighted by molar-refractivity contribution is 0.0696. The van der Waals surface area contributed by atoms with Crippen LogP contribution in [0, 0.1) is 6.92 Å². The molecule has 1 heterocycles. The lowest BCUT2D eigenvalue weighted by Crippen LogP contribution is -2.47. The summed E-state index contributed by atoms with van der Waals surface area (Å²) in [6.07, 6.45) is -1.40. The first-order valence-electron chi connectivity index (χ1n) is 8.35. The zero-order valence-electron chi connectivity index (χ0n) is 14.9. The molecule has 3 rings (SSSR count). The lowest BCUT2D eigenvalue weighted by Gasteiger charge is -2.32. The maximum atomic E-state index is 13.5. The van der Waals surface area contributed by atoms with E-state index in [9.17, 15) is 31.8 Å². The van der Waals surface area contributed by atoms with Gasteiger partial charge in [0.05, 0.1) is 39.8 Å². The van der Waals surface area contributed by atoms with Crippen LogP contribution in [0.3, 0.4) is 0 Å². The number of carboxylic acids is 1. The van der Waals surface area contributed by atoms with Gasteiger partial charge in [-0.2, -0.15) is 0 Å². The molecule has 0 bridgehead atoms. The monoisotopic (exact) mass is 425 g/mol. The number of aliphatic hydroxyl groups is 1. The van der Waals surface area contributed by atoms with Crippen molar-refractivity contribution in [1.29, 1.82) is 0 Å². The molecule has 0 unspecified atom stereocenters. The van der Waals surface area contributed by atoms with Crippen LogP contribution < -0.4 is 4.31 Å². The maximum absolute atomic E-state index is 13.5. The van der Waals surface area contributed by atoms with Crippen molar-refractivity contribution >= 4 is 31.5 Å². The Morgan fingerprint density at radius 3 is 2.29 bits per heavy atom. The molecule has 1 aliphatic rings. The average Bonchev–Trinajstić information content (AvgIpc) is 2.88. The number of aromatic carboxylic acids is 1. The van der Waals surface area contributed by atoms with Gasteiger partial charge in [-0.05, 0) is 36.8 Å². The molecule has 1 aliphatic heterocycles. The van der Waals surface area contributed by atoms with E-state index in [0.717, 1.165) is 10.4 Å². The minimum atomic E-state index is -4.36. The Kier molecular flexibility index (Phi) is 5.22. The van der Waals surface area contributed by atoms with Crippen LogP contribution in [0.5, 0.6) is 0 Å². The lowest BCUT2D eigenvalue weighted by atomic mass is 10.1. The molecule has 0 aliphatic carbocycles. The number of benzene rings is 2. The number of rotatable bonds is 5. The van der Waals surface area contributed by atoms with E-state index in [0.29, 0.717) is 5.56 Å². The molecule has 2 N–H and O–H groups in total. The van der Waals surface area contributed by atoms with Crippen molar-refractivity contribution in [2.75, 3.05) is 15.8 Å². The second-order valence-corrected chi connectivity index (χ2v) is 10.6. The van der Waals surface area contributed by atoms with Crippen LogP contribution in [0.1, 0.15) is 15.9 Å². The standard InChI is InChI=1S/C18H19NO7S2/c1-12-7-8-13(18(21)22)9-17(12)28(25,26)19(14-5-3-2-4-6-14)15-10-27(23,24)11-16(15)20/h2-9,15-16,20H,10-11H2,1H3,(H,21,22)/t15-,16+/m0/s1. The zero-order valence-corrected chi connectivity index (χ0v) is 16.5. The van der Waals surface area contributed by atoms with Crippen LogP contribution in [0.25, 0.3) is 0 Å². The topological polar surface area (TPSA) is 129 Å². The average molecular weight is 425 g/mol. The second-order valence-electron chi connectivity index (χ2n) is 6.63. The Morgan fingerprint density at radius 2 is 1.75 bits per heavy atom. The number of aliphatic hydroxyl groups excluding tert-OH is 1. The zero-order chi connectivity index (χ0) is 20.7. The van der Waals surface area contributed by atoms with Crippen LogP contribution in [0.4, 0.5) is 5.69 Å². The minimum absolute atomic E-state index is 0.184. The molecule has 0 amide bonds. The fourth-order valence-electron chi connectivity index (χ4n) is 3.23. The molecule has 2 aromatic carbocycles. The fourth-order valence-corrected chi connectivity index (χ4v) is 7.03. The molecule has 0 saturated carbocycles. The van der Waals surface area contributed by atoms with Gasteiger partial charge in [0.1, 0.15) is 0 Å². The summed E-state index contributed by atoms with van der Waals surface area (Å²) in [6, 6.07) is 10.3. The summed E-state index contributed by atoms with van der Waals surface area (Å²) in [4.78, 5) is 11.0. The van der Waals surface area contributed by atoms with Gasteiger partial charge in [-0.25, -0.2) is 21.6 Å². The molecule has 2 aromatic rings. The van der Waals surface area contributed by atoms with Gasteiger partial charge in [0.25, 0.3) is 10.0 Å². The highest BCUT2D eigenvalue weighted by Crippen LogP contribution is 2.32. The van der Waals surface area contributed by atoms with Gasteiger partial charge in [-0.1, -0.05) is 24.3 Å². The van der Waals surface area contributed by atoms with Gasteiger partial charge in [0.2, 0.25) is 0 Å². The first-order chi connectivity index (χ1) is 13.0. The number of carbonyl (C=O) groups is 1. The SMILES string of the molecule is Cc1ccc(C(=O)O)cc1S(=O)(=O)N(c1ccccc1)[C@H]1CS(=O)(=O)C[C@H]1O. The summed E-state index contributed by atoms with van der Waals surface area (Å²) < 4.78 is 51.9. The van der Waals surface area contributed by atoms with Crippen molar-refractivity contribution in [3.63, 3.8) is 0 Å². The second kappa shape index (κ2) is 7.19. The van der Waals surface area contributed by atoms with Crippen LogP contribution in [0.2, 0.25) is 0 Å². The molecule has 8 nitrogen and oxygen atoms in total. The Hall–Kier alpha value is -2.43. The number of carboxylic acid groups (broad SMARTS) is 1. The van der Waals surface area contributed by atoms with Crippen LogP contribution >= 0.6 is 0 Å². The van der Waals surface area contributed by atoms with Crippen LogP contribution in [-0.4, -0.2) is 56.7 Å². The van der Waals surface area contributed by atoms with Gasteiger partial charge in [0.15, 0.2) is 9.84 Å². The van der Waals surface area contributed by atoms with Crippen molar-refractivity contribution in [2.45, 2.75) is 24.0 Å². The van der Waals surface area contributed by atoms with Crippen molar-refractivity contribution in [2.24, 2.45) is 0 Å². The number of hydrogen-bond donors (Lipinski definition) is 2. The maximum Gasteiger partial charge on any atom is 0.335 e. The molecule has 2 atom stereocenters. The normalized spacial score (nSPS) is 21.4. The van der Waals surface area contributed by atoms with E-state index in [4.69, 9.17) is 0 Å². The van der Waals surface area contributed by atoms with E-state index in [2.05, 4.69) is 0 Å². The third kappa shape index (κ3) is 3.75. The van der Waals surface area contributed by atoms with Gasteiger partial charge >= 0.3 is 5.97 Å². The summed E-state index contributed by atoms with van der Waals surface area (Å²) in [5, 5.41) is 19.5.